The van der Waals surface area contributed by atoms with Gasteiger partial charge in [0.2, 0.25) is 0 Å². The summed E-state index contributed by atoms with van der Waals surface area (Å²) in [6.07, 6.45) is 60.1. The molecule has 1 unspecified atom stereocenters. The molecule has 0 bridgehead atoms. The SMILES string of the molecule is CCCCCCCCCCCCCCCCCCCCCCCCCCCCCCCC(=O)OCC(COC(=O)CCCCCCCCC)OC(=O)CCCCCCCCCCCC. The van der Waals surface area contributed by atoms with Crippen LogP contribution in [0, 0.1) is 0 Å². The Labute approximate surface area is 399 Å². The average molecular weight is 906 g/mol. The lowest BCUT2D eigenvalue weighted by Crippen LogP contribution is -2.30. The molecule has 6 heteroatoms. The van der Waals surface area contributed by atoms with Crippen LogP contribution in [-0.2, 0) is 28.6 Å². The van der Waals surface area contributed by atoms with Crippen molar-refractivity contribution in [1.82, 2.24) is 0 Å². The fraction of sp³-hybridized carbons (Fsp3) is 0.948. The maximum Gasteiger partial charge on any atom is 0.306 e. The molecule has 0 radical (unpaired) electrons. The first kappa shape index (κ1) is 62.4. The Morgan fingerprint density at radius 3 is 0.625 bits per heavy atom. The van der Waals surface area contributed by atoms with Crippen LogP contribution >= 0.6 is 0 Å². The molecule has 380 valence electrons. The Balaban J connectivity index is 3.90. The first-order valence-electron chi connectivity index (χ1n) is 29.0. The van der Waals surface area contributed by atoms with E-state index in [-0.39, 0.29) is 31.1 Å². The monoisotopic (exact) mass is 905 g/mol. The minimum absolute atomic E-state index is 0.0626. The summed E-state index contributed by atoms with van der Waals surface area (Å²) in [5, 5.41) is 0. The molecular weight excluding hydrogens is 793 g/mol. The van der Waals surface area contributed by atoms with E-state index in [1.807, 2.05) is 0 Å². The van der Waals surface area contributed by atoms with E-state index in [1.54, 1.807) is 0 Å². The zero-order valence-corrected chi connectivity index (χ0v) is 43.6. The lowest BCUT2D eigenvalue weighted by molar-refractivity contribution is -0.167. The van der Waals surface area contributed by atoms with Crippen molar-refractivity contribution in [1.29, 1.82) is 0 Å². The highest BCUT2D eigenvalue weighted by molar-refractivity contribution is 5.71. The molecule has 0 aromatic rings. The highest BCUT2D eigenvalue weighted by Crippen LogP contribution is 2.18. The van der Waals surface area contributed by atoms with Crippen LogP contribution < -0.4 is 0 Å². The van der Waals surface area contributed by atoms with E-state index in [0.29, 0.717) is 19.3 Å². The van der Waals surface area contributed by atoms with Crippen molar-refractivity contribution < 1.29 is 28.6 Å². The summed E-state index contributed by atoms with van der Waals surface area (Å²) in [5.41, 5.74) is 0. The minimum atomic E-state index is -0.758. The van der Waals surface area contributed by atoms with Gasteiger partial charge in [-0.15, -0.1) is 0 Å². The van der Waals surface area contributed by atoms with E-state index >= 15 is 0 Å². The lowest BCUT2D eigenvalue weighted by atomic mass is 10.0. The summed E-state index contributed by atoms with van der Waals surface area (Å²) in [6, 6.07) is 0. The van der Waals surface area contributed by atoms with Crippen molar-refractivity contribution in [3.63, 3.8) is 0 Å². The van der Waals surface area contributed by atoms with Crippen molar-refractivity contribution in [2.75, 3.05) is 13.2 Å². The van der Waals surface area contributed by atoms with E-state index < -0.39 is 6.10 Å². The van der Waals surface area contributed by atoms with E-state index in [2.05, 4.69) is 20.8 Å². The van der Waals surface area contributed by atoms with Crippen LogP contribution in [-0.4, -0.2) is 37.2 Å². The highest BCUT2D eigenvalue weighted by atomic mass is 16.6. The maximum atomic E-state index is 12.7. The normalized spacial score (nSPS) is 11.9. The van der Waals surface area contributed by atoms with Crippen molar-refractivity contribution in [2.45, 2.75) is 341 Å². The molecule has 0 N–H and O–H groups in total. The van der Waals surface area contributed by atoms with E-state index in [1.165, 1.54) is 238 Å². The first-order valence-corrected chi connectivity index (χ1v) is 29.0. The molecule has 0 saturated carbocycles. The summed E-state index contributed by atoms with van der Waals surface area (Å²) in [7, 11) is 0. The van der Waals surface area contributed by atoms with Gasteiger partial charge in [0, 0.05) is 19.3 Å². The Morgan fingerprint density at radius 1 is 0.250 bits per heavy atom. The summed E-state index contributed by atoms with van der Waals surface area (Å²) in [6.45, 7) is 6.63. The predicted octanol–water partition coefficient (Wildman–Crippen LogP) is 19.2. The molecule has 64 heavy (non-hydrogen) atoms. The van der Waals surface area contributed by atoms with Gasteiger partial charge in [0.25, 0.3) is 0 Å². The molecule has 6 nitrogen and oxygen atoms in total. The smallest absolute Gasteiger partial charge is 0.306 e. The van der Waals surface area contributed by atoms with Crippen LogP contribution in [0.5, 0.6) is 0 Å². The molecular formula is C58H112O6. The number of unbranched alkanes of at least 4 members (excludes halogenated alkanes) is 43. The second kappa shape index (κ2) is 54.0. The molecule has 0 rings (SSSR count). The quantitative estimate of drug-likeness (QED) is 0.0344. The Bertz CT molecular complexity index is 951. The van der Waals surface area contributed by atoms with Gasteiger partial charge in [0.05, 0.1) is 0 Å². The van der Waals surface area contributed by atoms with Gasteiger partial charge in [0.15, 0.2) is 6.10 Å². The van der Waals surface area contributed by atoms with Gasteiger partial charge in [-0.25, -0.2) is 0 Å². The van der Waals surface area contributed by atoms with Crippen molar-refractivity contribution >= 4 is 17.9 Å². The van der Waals surface area contributed by atoms with Gasteiger partial charge in [-0.1, -0.05) is 297 Å². The molecule has 0 aliphatic heterocycles. The summed E-state index contributed by atoms with van der Waals surface area (Å²) in [4.78, 5) is 37.8. The van der Waals surface area contributed by atoms with E-state index in [4.69, 9.17) is 14.2 Å². The molecule has 1 atom stereocenters. The Kier molecular flexibility index (Phi) is 52.7. The van der Waals surface area contributed by atoms with Crippen LogP contribution in [0.2, 0.25) is 0 Å². The summed E-state index contributed by atoms with van der Waals surface area (Å²) >= 11 is 0. The number of ether oxygens (including phenoxy) is 3. The van der Waals surface area contributed by atoms with Gasteiger partial charge in [-0.2, -0.15) is 0 Å². The Morgan fingerprint density at radius 2 is 0.422 bits per heavy atom. The van der Waals surface area contributed by atoms with Gasteiger partial charge in [-0.05, 0) is 19.3 Å². The first-order chi connectivity index (χ1) is 31.5. The Hall–Kier alpha value is -1.59. The van der Waals surface area contributed by atoms with Gasteiger partial charge in [0.1, 0.15) is 13.2 Å². The summed E-state index contributed by atoms with van der Waals surface area (Å²) < 4.78 is 16.7. The standard InChI is InChI=1S/C58H112O6/c1-4-7-10-13-16-18-20-21-22-23-24-25-26-27-28-29-30-31-32-33-34-35-36-37-38-40-42-45-48-51-57(60)63-54-55(53-62-56(59)50-47-44-41-15-12-9-6-3)64-58(61)52-49-46-43-39-19-17-14-11-8-5-2/h55H,4-54H2,1-3H3. The molecule has 0 saturated heterocycles. The zero-order valence-electron chi connectivity index (χ0n) is 43.6. The zero-order chi connectivity index (χ0) is 46.5. The molecule has 0 aliphatic rings. The van der Waals surface area contributed by atoms with Crippen molar-refractivity contribution in [3.8, 4) is 0 Å². The van der Waals surface area contributed by atoms with Crippen molar-refractivity contribution in [2.24, 2.45) is 0 Å². The number of carbonyl (C=O) groups excluding carboxylic acids is 3. The van der Waals surface area contributed by atoms with E-state index in [0.717, 1.165) is 57.8 Å². The molecule has 0 heterocycles. The number of hydrogen-bond donors (Lipinski definition) is 0. The van der Waals surface area contributed by atoms with Gasteiger partial charge >= 0.3 is 17.9 Å². The van der Waals surface area contributed by atoms with Crippen LogP contribution in [0.1, 0.15) is 335 Å². The highest BCUT2D eigenvalue weighted by Gasteiger charge is 2.19. The third-order valence-corrected chi connectivity index (χ3v) is 13.4. The number of esters is 3. The second-order valence-corrected chi connectivity index (χ2v) is 19.9. The fourth-order valence-electron chi connectivity index (χ4n) is 8.98. The maximum absolute atomic E-state index is 12.7. The fourth-order valence-corrected chi connectivity index (χ4v) is 8.98. The largest absolute Gasteiger partial charge is 0.462 e. The average Bonchev–Trinajstić information content (AvgIpc) is 3.29. The minimum Gasteiger partial charge on any atom is -0.462 e. The predicted molar refractivity (Wildman–Crippen MR) is 275 cm³/mol. The topological polar surface area (TPSA) is 78.9 Å². The number of carbonyl (C=O) groups is 3. The molecule has 0 aliphatic carbocycles. The van der Waals surface area contributed by atoms with E-state index in [9.17, 15) is 14.4 Å². The van der Waals surface area contributed by atoms with Crippen molar-refractivity contribution in [3.05, 3.63) is 0 Å². The van der Waals surface area contributed by atoms with Crippen LogP contribution in [0.3, 0.4) is 0 Å². The van der Waals surface area contributed by atoms with Crippen LogP contribution in [0.25, 0.3) is 0 Å². The van der Waals surface area contributed by atoms with Gasteiger partial charge < -0.3 is 14.2 Å². The number of hydrogen-bond acceptors (Lipinski definition) is 6. The third-order valence-electron chi connectivity index (χ3n) is 13.4. The van der Waals surface area contributed by atoms with Crippen LogP contribution in [0.4, 0.5) is 0 Å². The molecule has 0 aromatic carbocycles. The molecule has 0 spiro atoms. The second-order valence-electron chi connectivity index (χ2n) is 19.9. The third kappa shape index (κ3) is 51.4. The van der Waals surface area contributed by atoms with Gasteiger partial charge in [-0.3, -0.25) is 14.4 Å². The molecule has 0 amide bonds. The molecule has 0 fully saturated rings. The van der Waals surface area contributed by atoms with Crippen LogP contribution in [0.15, 0.2) is 0 Å². The molecule has 0 aromatic heterocycles. The lowest BCUT2D eigenvalue weighted by Gasteiger charge is -2.18. The number of rotatable bonds is 54. The summed E-state index contributed by atoms with van der Waals surface area (Å²) in [5.74, 6) is -0.850.